The Balaban J connectivity index is 1.47. The van der Waals surface area contributed by atoms with Crippen molar-refractivity contribution in [3.63, 3.8) is 0 Å². The Morgan fingerprint density at radius 3 is 2.46 bits per heavy atom. The van der Waals surface area contributed by atoms with Crippen LogP contribution in [0, 0.1) is 6.92 Å². The number of fused-ring (bicyclic) bond motifs is 3. The quantitative estimate of drug-likeness (QED) is 0.695. The zero-order valence-electron chi connectivity index (χ0n) is 15.0. The average Bonchev–Trinajstić information content (AvgIpc) is 3.06. The van der Waals surface area contributed by atoms with Gasteiger partial charge in [0.1, 0.15) is 16.5 Å². The summed E-state index contributed by atoms with van der Waals surface area (Å²) >= 11 is 1.88. The van der Waals surface area contributed by atoms with Crippen LogP contribution in [0.15, 0.2) is 18.5 Å². The molecule has 4 heterocycles. The van der Waals surface area contributed by atoms with E-state index in [9.17, 15) is 0 Å². The van der Waals surface area contributed by atoms with Crippen molar-refractivity contribution in [2.45, 2.75) is 32.6 Å². The molecular weight excluding hydrogens is 344 g/mol. The minimum Gasteiger partial charge on any atom is -0.352 e. The fourth-order valence-corrected chi connectivity index (χ4v) is 5.34. The molecule has 5 rings (SSSR count). The number of anilines is 2. The predicted molar refractivity (Wildman–Crippen MR) is 105 cm³/mol. The van der Waals surface area contributed by atoms with Crippen molar-refractivity contribution in [2.75, 3.05) is 36.0 Å². The Morgan fingerprint density at radius 2 is 1.65 bits per heavy atom. The van der Waals surface area contributed by atoms with Gasteiger partial charge in [-0.15, -0.1) is 11.3 Å². The van der Waals surface area contributed by atoms with Gasteiger partial charge in [-0.1, -0.05) is 0 Å². The first-order chi connectivity index (χ1) is 12.8. The molecule has 6 nitrogen and oxygen atoms in total. The second-order valence-electron chi connectivity index (χ2n) is 7.01. The minimum absolute atomic E-state index is 0.823. The third-order valence-electron chi connectivity index (χ3n) is 5.32. The lowest BCUT2D eigenvalue weighted by Crippen LogP contribution is -2.47. The van der Waals surface area contributed by atoms with E-state index in [0.29, 0.717) is 0 Å². The summed E-state index contributed by atoms with van der Waals surface area (Å²) in [5, 5.41) is 1.32. The lowest BCUT2D eigenvalue weighted by atomic mass is 9.97. The summed E-state index contributed by atoms with van der Waals surface area (Å²) in [5.41, 5.74) is 1.51. The van der Waals surface area contributed by atoms with Crippen LogP contribution in [0.3, 0.4) is 0 Å². The van der Waals surface area contributed by atoms with Gasteiger partial charge < -0.3 is 9.80 Å². The number of aryl methyl sites for hydroxylation is 3. The van der Waals surface area contributed by atoms with Crippen LogP contribution in [-0.2, 0) is 12.8 Å². The van der Waals surface area contributed by atoms with Gasteiger partial charge in [0.15, 0.2) is 0 Å². The summed E-state index contributed by atoms with van der Waals surface area (Å²) < 4.78 is 0. The predicted octanol–water partition coefficient (Wildman–Crippen LogP) is 3.00. The molecule has 0 spiro atoms. The average molecular weight is 366 g/mol. The molecular formula is C19H22N6S. The first kappa shape index (κ1) is 15.9. The number of rotatable bonds is 2. The van der Waals surface area contributed by atoms with E-state index in [0.717, 1.165) is 43.8 Å². The standard InChI is InChI=1S/C19H22N6S/c1-13-22-17(16-14-5-2-3-6-15(14)26-18(16)23-13)24-9-11-25(12-10-24)19-20-7-4-8-21-19/h4,7-8H,2-3,5-6,9-12H2,1H3. The van der Waals surface area contributed by atoms with Crippen LogP contribution >= 0.6 is 11.3 Å². The first-order valence-corrected chi connectivity index (χ1v) is 10.2. The maximum Gasteiger partial charge on any atom is 0.225 e. The maximum absolute atomic E-state index is 4.87. The summed E-state index contributed by atoms with van der Waals surface area (Å²) in [6.45, 7) is 5.72. The van der Waals surface area contributed by atoms with Crippen molar-refractivity contribution in [3.05, 3.63) is 34.7 Å². The number of aromatic nitrogens is 4. The maximum atomic E-state index is 4.87. The third kappa shape index (κ3) is 2.70. The molecule has 0 atom stereocenters. The SMILES string of the molecule is Cc1nc(N2CCN(c3ncccn3)CC2)c2c3c(sc2n1)CCCC3. The highest BCUT2D eigenvalue weighted by molar-refractivity contribution is 7.19. The van der Waals surface area contributed by atoms with Crippen molar-refractivity contribution in [3.8, 4) is 0 Å². The van der Waals surface area contributed by atoms with Gasteiger partial charge in [-0.3, -0.25) is 0 Å². The van der Waals surface area contributed by atoms with Gasteiger partial charge in [0.05, 0.1) is 5.39 Å². The number of piperazine rings is 1. The highest BCUT2D eigenvalue weighted by Crippen LogP contribution is 2.39. The van der Waals surface area contributed by atoms with Crippen LogP contribution in [-0.4, -0.2) is 46.1 Å². The van der Waals surface area contributed by atoms with E-state index >= 15 is 0 Å². The van der Waals surface area contributed by atoms with Crippen molar-refractivity contribution < 1.29 is 0 Å². The summed E-state index contributed by atoms with van der Waals surface area (Å²) in [5.74, 6) is 2.84. The van der Waals surface area contributed by atoms with Gasteiger partial charge in [0.2, 0.25) is 5.95 Å². The fraction of sp³-hybridized carbons (Fsp3) is 0.474. The molecule has 3 aromatic rings. The summed E-state index contributed by atoms with van der Waals surface area (Å²) in [6, 6.07) is 1.86. The normalized spacial score (nSPS) is 17.6. The van der Waals surface area contributed by atoms with Crippen molar-refractivity contribution in [1.82, 2.24) is 19.9 Å². The second kappa shape index (κ2) is 6.46. The van der Waals surface area contributed by atoms with Crippen molar-refractivity contribution in [2.24, 2.45) is 0 Å². The Kier molecular flexibility index (Phi) is 3.96. The lowest BCUT2D eigenvalue weighted by Gasteiger charge is -2.35. The van der Waals surface area contributed by atoms with Crippen molar-refractivity contribution in [1.29, 1.82) is 0 Å². The van der Waals surface area contributed by atoms with Crippen LogP contribution in [0.5, 0.6) is 0 Å². The van der Waals surface area contributed by atoms with Gasteiger partial charge in [-0.25, -0.2) is 19.9 Å². The molecule has 1 aliphatic heterocycles. The number of hydrogen-bond acceptors (Lipinski definition) is 7. The largest absolute Gasteiger partial charge is 0.352 e. The summed E-state index contributed by atoms with van der Waals surface area (Å²) in [7, 11) is 0. The second-order valence-corrected chi connectivity index (χ2v) is 8.09. The molecule has 1 saturated heterocycles. The van der Waals surface area contributed by atoms with Gasteiger partial charge in [-0.2, -0.15) is 0 Å². The Labute approximate surface area is 156 Å². The van der Waals surface area contributed by atoms with Crippen LogP contribution in [0.2, 0.25) is 0 Å². The molecule has 134 valence electrons. The molecule has 0 N–H and O–H groups in total. The number of thiophene rings is 1. The van der Waals surface area contributed by atoms with E-state index in [1.807, 2.05) is 36.7 Å². The minimum atomic E-state index is 0.823. The molecule has 0 bridgehead atoms. The third-order valence-corrected chi connectivity index (χ3v) is 6.51. The molecule has 0 aromatic carbocycles. The van der Waals surface area contributed by atoms with E-state index in [2.05, 4.69) is 19.8 Å². The van der Waals surface area contributed by atoms with Gasteiger partial charge in [0, 0.05) is 43.4 Å². The highest BCUT2D eigenvalue weighted by atomic mass is 32.1. The lowest BCUT2D eigenvalue weighted by molar-refractivity contribution is 0.634. The molecule has 0 radical (unpaired) electrons. The van der Waals surface area contributed by atoms with E-state index in [1.165, 1.54) is 46.3 Å². The molecule has 2 aliphatic rings. The van der Waals surface area contributed by atoms with E-state index in [1.54, 1.807) is 0 Å². The molecule has 1 fully saturated rings. The van der Waals surface area contributed by atoms with Crippen LogP contribution < -0.4 is 9.80 Å². The smallest absolute Gasteiger partial charge is 0.225 e. The number of nitrogens with zero attached hydrogens (tertiary/aromatic N) is 6. The molecule has 0 amide bonds. The first-order valence-electron chi connectivity index (χ1n) is 9.35. The molecule has 0 saturated carbocycles. The van der Waals surface area contributed by atoms with Crippen molar-refractivity contribution >= 4 is 33.3 Å². The molecule has 7 heteroatoms. The van der Waals surface area contributed by atoms with E-state index in [4.69, 9.17) is 9.97 Å². The fourth-order valence-electron chi connectivity index (χ4n) is 4.04. The van der Waals surface area contributed by atoms with Gasteiger partial charge in [0.25, 0.3) is 0 Å². The van der Waals surface area contributed by atoms with Crippen LogP contribution in [0.4, 0.5) is 11.8 Å². The molecule has 1 aliphatic carbocycles. The van der Waals surface area contributed by atoms with Gasteiger partial charge in [-0.05, 0) is 44.2 Å². The summed E-state index contributed by atoms with van der Waals surface area (Å²) in [6.07, 6.45) is 8.58. The Bertz CT molecular complexity index is 930. The van der Waals surface area contributed by atoms with Crippen LogP contribution in [0.25, 0.3) is 10.2 Å². The zero-order chi connectivity index (χ0) is 17.5. The zero-order valence-corrected chi connectivity index (χ0v) is 15.8. The Morgan fingerprint density at radius 1 is 0.923 bits per heavy atom. The molecule has 3 aromatic heterocycles. The summed E-state index contributed by atoms with van der Waals surface area (Å²) in [4.78, 5) is 25.8. The molecule has 0 unspecified atom stereocenters. The van der Waals surface area contributed by atoms with Crippen LogP contribution in [0.1, 0.15) is 29.1 Å². The topological polar surface area (TPSA) is 58.0 Å². The number of hydrogen-bond donors (Lipinski definition) is 0. The molecule has 26 heavy (non-hydrogen) atoms. The highest BCUT2D eigenvalue weighted by Gasteiger charge is 2.26. The Hall–Kier alpha value is -2.28. The van der Waals surface area contributed by atoms with E-state index in [-0.39, 0.29) is 0 Å². The van der Waals surface area contributed by atoms with Gasteiger partial charge >= 0.3 is 0 Å². The van der Waals surface area contributed by atoms with E-state index < -0.39 is 0 Å². The monoisotopic (exact) mass is 366 g/mol.